The van der Waals surface area contributed by atoms with Gasteiger partial charge in [-0.25, -0.2) is 9.67 Å². The van der Waals surface area contributed by atoms with Crippen LogP contribution < -0.4 is 5.32 Å². The van der Waals surface area contributed by atoms with Gasteiger partial charge in [-0.1, -0.05) is 0 Å². The van der Waals surface area contributed by atoms with E-state index in [4.69, 9.17) is 9.47 Å². The lowest BCUT2D eigenvalue weighted by Crippen LogP contribution is -2.49. The average Bonchev–Trinajstić information content (AvgIpc) is 3.39. The first-order chi connectivity index (χ1) is 20.1. The molecule has 1 amide bonds. The van der Waals surface area contributed by atoms with Crippen molar-refractivity contribution in [3.63, 3.8) is 0 Å². The maximum atomic E-state index is 13.2. The largest absolute Gasteiger partial charge is 0.465 e. The van der Waals surface area contributed by atoms with Crippen molar-refractivity contribution in [2.75, 3.05) is 38.2 Å². The second-order valence-corrected chi connectivity index (χ2v) is 10.5. The van der Waals surface area contributed by atoms with Gasteiger partial charge < -0.3 is 14.8 Å². The predicted molar refractivity (Wildman–Crippen MR) is 146 cm³/mol. The molecule has 10 nitrogen and oxygen atoms in total. The highest BCUT2D eigenvalue weighted by atomic mass is 19.4. The van der Waals surface area contributed by atoms with Gasteiger partial charge in [0.2, 0.25) is 0 Å². The van der Waals surface area contributed by atoms with Crippen molar-refractivity contribution in [1.82, 2.24) is 24.6 Å². The summed E-state index contributed by atoms with van der Waals surface area (Å²) < 4.78 is 50.9. The fourth-order valence-electron chi connectivity index (χ4n) is 5.73. The lowest BCUT2D eigenvalue weighted by molar-refractivity contribution is -0.152. The number of halogens is 3. The Kier molecular flexibility index (Phi) is 8.60. The van der Waals surface area contributed by atoms with Crippen LogP contribution in [0.3, 0.4) is 0 Å². The minimum Gasteiger partial charge on any atom is -0.465 e. The molecule has 0 atom stereocenters. The van der Waals surface area contributed by atoms with Crippen molar-refractivity contribution in [3.8, 4) is 5.82 Å². The summed E-state index contributed by atoms with van der Waals surface area (Å²) in [6.07, 6.45) is 1.98. The van der Waals surface area contributed by atoms with Gasteiger partial charge in [0, 0.05) is 25.3 Å². The van der Waals surface area contributed by atoms with Crippen LogP contribution in [0.15, 0.2) is 42.9 Å². The molecule has 2 aliphatic rings. The molecule has 4 heterocycles. The topological polar surface area (TPSA) is 111 Å². The Balaban J connectivity index is 1.29. The van der Waals surface area contributed by atoms with Crippen molar-refractivity contribution < 1.29 is 32.2 Å². The number of amides is 1. The number of nitrogens with one attached hydrogen (secondary N) is 1. The number of anilines is 1. The Morgan fingerprint density at radius 2 is 1.81 bits per heavy atom. The molecule has 0 unspecified atom stereocenters. The van der Waals surface area contributed by atoms with Crippen LogP contribution in [-0.2, 0) is 25.9 Å². The van der Waals surface area contributed by atoms with E-state index in [2.05, 4.69) is 25.3 Å². The Hall–Kier alpha value is -3.84. The summed E-state index contributed by atoms with van der Waals surface area (Å²) in [5, 5.41) is 6.92. The van der Waals surface area contributed by atoms with Crippen molar-refractivity contribution in [3.05, 3.63) is 65.4 Å². The molecule has 5 rings (SSSR count). The zero-order valence-electron chi connectivity index (χ0n) is 23.5. The summed E-state index contributed by atoms with van der Waals surface area (Å²) in [5.41, 5.74) is -0.0673. The van der Waals surface area contributed by atoms with Gasteiger partial charge in [0.25, 0.3) is 5.91 Å². The molecule has 1 saturated heterocycles. The average molecular weight is 587 g/mol. The summed E-state index contributed by atoms with van der Waals surface area (Å²) >= 11 is 0. The minimum absolute atomic E-state index is 0.151. The van der Waals surface area contributed by atoms with Crippen molar-refractivity contribution in [1.29, 1.82) is 0 Å². The number of hydrogen-bond acceptors (Lipinski definition) is 8. The molecule has 1 aliphatic carbocycles. The summed E-state index contributed by atoms with van der Waals surface area (Å²) in [4.78, 5) is 37.2. The highest BCUT2D eigenvalue weighted by molar-refractivity contribution is 6.04. The van der Waals surface area contributed by atoms with Crippen molar-refractivity contribution >= 4 is 17.6 Å². The molecule has 0 aromatic carbocycles. The first-order valence-electron chi connectivity index (χ1n) is 14.0. The van der Waals surface area contributed by atoms with Crippen LogP contribution in [0.25, 0.3) is 5.82 Å². The van der Waals surface area contributed by atoms with Gasteiger partial charge in [0.15, 0.2) is 5.82 Å². The Morgan fingerprint density at radius 1 is 1.07 bits per heavy atom. The maximum absolute atomic E-state index is 13.2. The maximum Gasteiger partial charge on any atom is 0.417 e. The third-order valence-electron chi connectivity index (χ3n) is 8.10. The smallest absolute Gasteiger partial charge is 0.417 e. The van der Waals surface area contributed by atoms with Crippen molar-refractivity contribution in [2.45, 2.75) is 57.2 Å². The van der Waals surface area contributed by atoms with E-state index in [1.807, 2.05) is 0 Å². The monoisotopic (exact) mass is 586 g/mol. The molecular formula is C29H33F3N6O4. The molecule has 1 saturated carbocycles. The molecule has 3 aromatic heterocycles. The molecule has 1 aliphatic heterocycles. The van der Waals surface area contributed by atoms with Gasteiger partial charge in [-0.05, 0) is 63.8 Å². The first-order valence-corrected chi connectivity index (χ1v) is 14.0. The quantitative estimate of drug-likeness (QED) is 0.408. The highest BCUT2D eigenvalue weighted by Gasteiger charge is 2.46. The third kappa shape index (κ3) is 6.02. The molecule has 0 spiro atoms. The number of ether oxygens (including phenoxy) is 2. The van der Waals surface area contributed by atoms with Crippen LogP contribution >= 0.6 is 0 Å². The van der Waals surface area contributed by atoms with E-state index >= 15 is 0 Å². The molecule has 0 bridgehead atoms. The van der Waals surface area contributed by atoms with Crippen LogP contribution in [0.4, 0.5) is 18.9 Å². The van der Waals surface area contributed by atoms with Crippen LogP contribution in [0, 0.1) is 6.92 Å². The molecular weight excluding hydrogens is 553 g/mol. The molecule has 13 heteroatoms. The Morgan fingerprint density at radius 3 is 2.40 bits per heavy atom. The molecule has 2 fully saturated rings. The van der Waals surface area contributed by atoms with Crippen molar-refractivity contribution in [2.24, 2.45) is 0 Å². The van der Waals surface area contributed by atoms with Crippen LogP contribution in [0.1, 0.15) is 59.9 Å². The summed E-state index contributed by atoms with van der Waals surface area (Å²) in [6, 6.07) is 5.95. The van der Waals surface area contributed by atoms with Crippen LogP contribution in [0.5, 0.6) is 0 Å². The molecule has 42 heavy (non-hydrogen) atoms. The van der Waals surface area contributed by atoms with Gasteiger partial charge >= 0.3 is 12.1 Å². The number of morpholine rings is 1. The predicted octanol–water partition coefficient (Wildman–Crippen LogP) is 4.32. The molecule has 3 aromatic rings. The zero-order chi connectivity index (χ0) is 29.9. The number of nitrogens with zero attached hydrogens (tertiary/aromatic N) is 5. The zero-order valence-corrected chi connectivity index (χ0v) is 23.5. The third-order valence-corrected chi connectivity index (χ3v) is 8.10. The Labute approximate surface area is 241 Å². The summed E-state index contributed by atoms with van der Waals surface area (Å²) in [7, 11) is 0. The first kappa shape index (κ1) is 29.6. The van der Waals surface area contributed by atoms with Gasteiger partial charge in [-0.2, -0.15) is 18.3 Å². The minimum atomic E-state index is -4.50. The highest BCUT2D eigenvalue weighted by Crippen LogP contribution is 2.41. The SMILES string of the molecule is CCOC(=O)C1(c2ccc(NC(=O)c3cnn(-c4ccc(C(F)(F)F)cn4)c3C)cn2)CCC(N2CCOCC2)CC1. The van der Waals surface area contributed by atoms with Gasteiger partial charge in [-0.15, -0.1) is 0 Å². The van der Waals surface area contributed by atoms with E-state index in [-0.39, 0.29) is 24.0 Å². The van der Waals surface area contributed by atoms with E-state index in [1.165, 1.54) is 23.1 Å². The van der Waals surface area contributed by atoms with Gasteiger partial charge in [-0.3, -0.25) is 19.5 Å². The number of esters is 1. The van der Waals surface area contributed by atoms with E-state index in [1.54, 1.807) is 26.0 Å². The molecule has 224 valence electrons. The number of hydrogen-bond donors (Lipinski definition) is 1. The number of carbonyl (C=O) groups is 2. The Bertz CT molecular complexity index is 1390. The summed E-state index contributed by atoms with van der Waals surface area (Å²) in [5.74, 6) is -0.598. The van der Waals surface area contributed by atoms with Gasteiger partial charge in [0.05, 0.1) is 60.4 Å². The van der Waals surface area contributed by atoms with E-state index in [9.17, 15) is 22.8 Å². The molecule has 0 radical (unpaired) electrons. The lowest BCUT2D eigenvalue weighted by Gasteiger charge is -2.42. The number of carbonyl (C=O) groups excluding carboxylic acids is 2. The van der Waals surface area contributed by atoms with Gasteiger partial charge in [0.1, 0.15) is 5.41 Å². The van der Waals surface area contributed by atoms with E-state index in [0.717, 1.165) is 51.4 Å². The fourth-order valence-corrected chi connectivity index (χ4v) is 5.73. The number of pyridine rings is 2. The second kappa shape index (κ2) is 12.2. The van der Waals surface area contributed by atoms with Crippen LogP contribution in [0.2, 0.25) is 0 Å². The van der Waals surface area contributed by atoms with E-state index < -0.39 is 23.1 Å². The van der Waals surface area contributed by atoms with E-state index in [0.29, 0.717) is 36.0 Å². The standard InChI is InChI=1S/C29H33F3N6O4/c1-3-42-27(40)28(10-8-22(9-11-28)37-12-14-41-15-13-37)24-6-5-21(17-33-24)36-26(39)23-18-35-38(19(23)2)25-7-4-20(16-34-25)29(30,31)32/h4-7,16-18,22H,3,8-15H2,1-2H3,(H,36,39). The molecule has 1 N–H and O–H groups in total. The summed E-state index contributed by atoms with van der Waals surface area (Å²) in [6.45, 7) is 6.91. The number of rotatable bonds is 7. The lowest BCUT2D eigenvalue weighted by atomic mass is 9.69. The second-order valence-electron chi connectivity index (χ2n) is 10.5. The normalized spacial score (nSPS) is 21.6. The van der Waals surface area contributed by atoms with Crippen LogP contribution in [-0.4, -0.2) is 75.5 Å². The number of aromatic nitrogens is 4. The fraction of sp³-hybridized carbons (Fsp3) is 0.483. The number of alkyl halides is 3.